The largest absolute Gasteiger partial charge is 0.425 e. The summed E-state index contributed by atoms with van der Waals surface area (Å²) in [7, 11) is 0. The van der Waals surface area contributed by atoms with E-state index in [1.807, 2.05) is 13.0 Å². The molecule has 4 heteroatoms. The first-order valence-corrected chi connectivity index (χ1v) is 7.94. The van der Waals surface area contributed by atoms with Crippen LogP contribution in [0.2, 0.25) is 0 Å². The van der Waals surface area contributed by atoms with E-state index >= 15 is 0 Å². The van der Waals surface area contributed by atoms with Crippen LogP contribution in [0.3, 0.4) is 0 Å². The molecule has 114 valence electrons. The Balaban J connectivity index is 1.62. The molecular formula is C18H21N3O. The van der Waals surface area contributed by atoms with E-state index in [4.69, 9.17) is 4.42 Å². The van der Waals surface area contributed by atoms with Crippen LogP contribution in [0.5, 0.6) is 0 Å². The Bertz CT molecular complexity index is 657. The second-order valence-electron chi connectivity index (χ2n) is 5.82. The average molecular weight is 295 g/mol. The number of hydrogen-bond donors (Lipinski definition) is 0. The van der Waals surface area contributed by atoms with Crippen molar-refractivity contribution in [2.45, 2.75) is 45.1 Å². The van der Waals surface area contributed by atoms with Crippen LogP contribution in [-0.4, -0.2) is 17.6 Å². The smallest absolute Gasteiger partial charge is 0.220 e. The first-order valence-electron chi connectivity index (χ1n) is 7.94. The highest BCUT2D eigenvalue weighted by atomic mass is 16.4. The molecule has 2 aromatic rings. The van der Waals surface area contributed by atoms with Crippen LogP contribution in [-0.2, 0) is 12.8 Å². The second-order valence-corrected chi connectivity index (χ2v) is 5.82. The van der Waals surface area contributed by atoms with Crippen molar-refractivity contribution in [2.75, 3.05) is 11.4 Å². The zero-order valence-electron chi connectivity index (χ0n) is 13.0. The molecular weight excluding hydrogens is 274 g/mol. The molecule has 1 atom stereocenters. The number of anilines is 1. The van der Waals surface area contributed by atoms with E-state index in [9.17, 15) is 5.26 Å². The second kappa shape index (κ2) is 6.65. The minimum absolute atomic E-state index is 0.0659. The van der Waals surface area contributed by atoms with Crippen molar-refractivity contribution in [2.24, 2.45) is 0 Å². The standard InChI is InChI=1S/C18H21N3O/c1-14-18(21-12-6-10-16(21)13-19)22-17(20-14)11-5-9-15-7-3-2-4-8-15/h2-4,7-8,16H,5-6,9-12H2,1H3. The molecule has 1 aromatic heterocycles. The minimum Gasteiger partial charge on any atom is -0.425 e. The topological polar surface area (TPSA) is 53.1 Å². The highest BCUT2D eigenvalue weighted by Crippen LogP contribution is 2.29. The number of hydrogen-bond acceptors (Lipinski definition) is 4. The molecule has 1 aliphatic rings. The van der Waals surface area contributed by atoms with Gasteiger partial charge in [0, 0.05) is 13.0 Å². The van der Waals surface area contributed by atoms with E-state index < -0.39 is 0 Å². The summed E-state index contributed by atoms with van der Waals surface area (Å²) in [6.45, 7) is 2.85. The number of rotatable bonds is 5. The fraction of sp³-hybridized carbons (Fsp3) is 0.444. The summed E-state index contributed by atoms with van der Waals surface area (Å²) < 4.78 is 5.93. The number of aromatic nitrogens is 1. The van der Waals surface area contributed by atoms with Crippen molar-refractivity contribution in [3.63, 3.8) is 0 Å². The zero-order chi connectivity index (χ0) is 15.4. The molecule has 1 unspecified atom stereocenters. The van der Waals surface area contributed by atoms with Crippen LogP contribution in [0.15, 0.2) is 34.7 Å². The molecule has 1 fully saturated rings. The van der Waals surface area contributed by atoms with Gasteiger partial charge in [-0.15, -0.1) is 0 Å². The van der Waals surface area contributed by atoms with Crippen molar-refractivity contribution in [1.82, 2.24) is 4.98 Å². The Labute approximate surface area is 131 Å². The van der Waals surface area contributed by atoms with Gasteiger partial charge in [-0.05, 0) is 38.2 Å². The van der Waals surface area contributed by atoms with Gasteiger partial charge < -0.3 is 9.32 Å². The number of nitriles is 1. The van der Waals surface area contributed by atoms with E-state index in [0.29, 0.717) is 0 Å². The van der Waals surface area contributed by atoms with Gasteiger partial charge in [-0.25, -0.2) is 4.98 Å². The molecule has 0 radical (unpaired) electrons. The fourth-order valence-corrected chi connectivity index (χ4v) is 3.05. The summed E-state index contributed by atoms with van der Waals surface area (Å²) in [6, 6.07) is 12.8. The van der Waals surface area contributed by atoms with Gasteiger partial charge >= 0.3 is 0 Å². The van der Waals surface area contributed by atoms with Crippen LogP contribution in [0, 0.1) is 18.3 Å². The molecule has 3 rings (SSSR count). The summed E-state index contributed by atoms with van der Waals surface area (Å²) >= 11 is 0. The van der Waals surface area contributed by atoms with Crippen molar-refractivity contribution in [3.8, 4) is 6.07 Å². The summed E-state index contributed by atoms with van der Waals surface area (Å²) in [5.74, 6) is 1.57. The quantitative estimate of drug-likeness (QED) is 0.845. The molecule has 1 aromatic carbocycles. The maximum absolute atomic E-state index is 9.21. The first kappa shape index (κ1) is 14.6. The Morgan fingerprint density at radius 2 is 2.14 bits per heavy atom. The van der Waals surface area contributed by atoms with E-state index in [1.165, 1.54) is 5.56 Å². The Morgan fingerprint density at radius 3 is 2.91 bits per heavy atom. The van der Waals surface area contributed by atoms with Gasteiger partial charge in [-0.2, -0.15) is 5.26 Å². The third-order valence-electron chi connectivity index (χ3n) is 4.18. The summed E-state index contributed by atoms with van der Waals surface area (Å²) in [4.78, 5) is 6.60. The molecule has 0 saturated carbocycles. The van der Waals surface area contributed by atoms with Gasteiger partial charge in [-0.1, -0.05) is 30.3 Å². The van der Waals surface area contributed by atoms with Crippen LogP contribution in [0.25, 0.3) is 0 Å². The van der Waals surface area contributed by atoms with Crippen LogP contribution in [0.4, 0.5) is 5.88 Å². The Kier molecular flexibility index (Phi) is 4.43. The first-order chi connectivity index (χ1) is 10.8. The lowest BCUT2D eigenvalue weighted by Crippen LogP contribution is -2.27. The fourth-order valence-electron chi connectivity index (χ4n) is 3.05. The minimum atomic E-state index is -0.0659. The highest BCUT2D eigenvalue weighted by Gasteiger charge is 2.28. The molecule has 0 aliphatic carbocycles. The lowest BCUT2D eigenvalue weighted by Gasteiger charge is -2.18. The molecule has 4 nitrogen and oxygen atoms in total. The summed E-state index contributed by atoms with van der Waals surface area (Å²) in [5.41, 5.74) is 2.24. The lowest BCUT2D eigenvalue weighted by molar-refractivity contribution is 0.480. The van der Waals surface area contributed by atoms with Gasteiger partial charge in [0.1, 0.15) is 11.7 Å². The normalized spacial score (nSPS) is 17.6. The SMILES string of the molecule is Cc1nc(CCCc2ccccc2)oc1N1CCCC1C#N. The van der Waals surface area contributed by atoms with Gasteiger partial charge in [0.2, 0.25) is 5.88 Å². The van der Waals surface area contributed by atoms with Crippen LogP contribution < -0.4 is 4.90 Å². The van der Waals surface area contributed by atoms with Gasteiger partial charge in [0.05, 0.1) is 6.07 Å². The third kappa shape index (κ3) is 3.14. The van der Waals surface area contributed by atoms with Crippen molar-refractivity contribution in [1.29, 1.82) is 5.26 Å². The van der Waals surface area contributed by atoms with Crippen molar-refractivity contribution in [3.05, 3.63) is 47.5 Å². The van der Waals surface area contributed by atoms with Crippen LogP contribution in [0.1, 0.15) is 36.4 Å². The summed E-state index contributed by atoms with van der Waals surface area (Å²) in [5, 5.41) is 9.21. The molecule has 0 bridgehead atoms. The van der Waals surface area contributed by atoms with Gasteiger partial charge in [-0.3, -0.25) is 0 Å². The summed E-state index contributed by atoms with van der Waals surface area (Å²) in [6.07, 6.45) is 4.84. The maximum atomic E-state index is 9.21. The number of oxazole rings is 1. The third-order valence-corrected chi connectivity index (χ3v) is 4.18. The van der Waals surface area contributed by atoms with Crippen molar-refractivity contribution >= 4 is 5.88 Å². The molecule has 0 N–H and O–H groups in total. The van der Waals surface area contributed by atoms with Crippen molar-refractivity contribution < 1.29 is 4.42 Å². The van der Waals surface area contributed by atoms with Crippen LogP contribution >= 0.6 is 0 Å². The molecule has 2 heterocycles. The van der Waals surface area contributed by atoms with E-state index in [2.05, 4.69) is 40.2 Å². The predicted octanol–water partition coefficient (Wildman–Crippen LogP) is 3.65. The maximum Gasteiger partial charge on any atom is 0.220 e. The number of aryl methyl sites for hydroxylation is 3. The highest BCUT2D eigenvalue weighted by molar-refractivity contribution is 5.44. The van der Waals surface area contributed by atoms with E-state index in [-0.39, 0.29) is 6.04 Å². The van der Waals surface area contributed by atoms with E-state index in [0.717, 1.165) is 56.1 Å². The molecule has 1 aliphatic heterocycles. The van der Waals surface area contributed by atoms with E-state index in [1.54, 1.807) is 0 Å². The molecule has 0 amide bonds. The lowest BCUT2D eigenvalue weighted by atomic mass is 10.1. The zero-order valence-corrected chi connectivity index (χ0v) is 13.0. The Morgan fingerprint density at radius 1 is 1.32 bits per heavy atom. The molecule has 1 saturated heterocycles. The number of nitrogens with zero attached hydrogens (tertiary/aromatic N) is 3. The Hall–Kier alpha value is -2.28. The molecule has 22 heavy (non-hydrogen) atoms. The predicted molar refractivity (Wildman–Crippen MR) is 85.7 cm³/mol. The average Bonchev–Trinajstić information content (AvgIpc) is 3.14. The molecule has 0 spiro atoms. The van der Waals surface area contributed by atoms with Gasteiger partial charge in [0.15, 0.2) is 5.89 Å². The monoisotopic (exact) mass is 295 g/mol. The number of benzene rings is 1. The van der Waals surface area contributed by atoms with Gasteiger partial charge in [0.25, 0.3) is 0 Å².